The molecule has 1 amide bonds. The van der Waals surface area contributed by atoms with Crippen LogP contribution in [0.1, 0.15) is 15.2 Å². The molecular weight excluding hydrogens is 332 g/mol. The molecule has 0 unspecified atom stereocenters. The molecule has 0 atom stereocenters. The molecule has 1 aliphatic heterocycles. The predicted molar refractivity (Wildman–Crippen MR) is 93.1 cm³/mol. The van der Waals surface area contributed by atoms with Gasteiger partial charge >= 0.3 is 5.91 Å². The number of carbonyl (C=O) groups is 2. The zero-order valence-electron chi connectivity index (χ0n) is 12.4. The lowest BCUT2D eigenvalue weighted by Crippen LogP contribution is -2.40. The van der Waals surface area contributed by atoms with E-state index < -0.39 is 11.7 Å². The van der Waals surface area contributed by atoms with E-state index in [9.17, 15) is 9.59 Å². The Hall–Kier alpha value is -1.95. The maximum absolute atomic E-state index is 12.3. The summed E-state index contributed by atoms with van der Waals surface area (Å²) in [7, 11) is 0. The van der Waals surface area contributed by atoms with Crippen LogP contribution in [0, 0.1) is 0 Å². The van der Waals surface area contributed by atoms with Gasteiger partial charge in [0.25, 0.3) is 5.78 Å². The van der Waals surface area contributed by atoms with Gasteiger partial charge in [0.1, 0.15) is 0 Å². The van der Waals surface area contributed by atoms with Crippen molar-refractivity contribution >= 4 is 40.3 Å². The van der Waals surface area contributed by atoms with E-state index in [4.69, 9.17) is 11.6 Å². The smallest absolute Gasteiger partial charge is 0.291 e. The number of rotatable bonds is 6. The number of halogens is 1. The lowest BCUT2D eigenvalue weighted by Gasteiger charge is -2.26. The van der Waals surface area contributed by atoms with Gasteiger partial charge < -0.3 is 0 Å². The van der Waals surface area contributed by atoms with Gasteiger partial charge in [0.2, 0.25) is 0 Å². The van der Waals surface area contributed by atoms with Crippen LogP contribution >= 0.6 is 22.9 Å². The van der Waals surface area contributed by atoms with Crippen molar-refractivity contribution in [2.75, 3.05) is 18.1 Å². The quantitative estimate of drug-likeness (QED) is 0.593. The summed E-state index contributed by atoms with van der Waals surface area (Å²) in [6, 6.07) is 10.9. The third-order valence-electron chi connectivity index (χ3n) is 3.62. The molecule has 118 valence electrons. The van der Waals surface area contributed by atoms with Crippen molar-refractivity contribution in [2.24, 2.45) is 0 Å². The van der Waals surface area contributed by atoms with Gasteiger partial charge in [0.15, 0.2) is 0 Å². The number of benzene rings is 1. The normalized spacial score (nSPS) is 13.7. The Morgan fingerprint density at radius 2 is 2.00 bits per heavy atom. The van der Waals surface area contributed by atoms with E-state index in [0.717, 1.165) is 9.21 Å². The second-order valence-electron chi connectivity index (χ2n) is 5.23. The van der Waals surface area contributed by atoms with Crippen LogP contribution in [0.25, 0.3) is 0 Å². The van der Waals surface area contributed by atoms with E-state index >= 15 is 0 Å². The zero-order valence-corrected chi connectivity index (χ0v) is 13.9. The minimum absolute atomic E-state index is 0.336. The Bertz CT molecular complexity index is 771. The van der Waals surface area contributed by atoms with Crippen LogP contribution in [0.4, 0.5) is 5.69 Å². The summed E-state index contributed by atoms with van der Waals surface area (Å²) in [6.45, 7) is 5.35. The number of fused-ring (bicyclic) bond motifs is 1. The van der Waals surface area contributed by atoms with Gasteiger partial charge in [-0.2, -0.15) is 0 Å². The van der Waals surface area contributed by atoms with Crippen LogP contribution in [-0.2, 0) is 11.3 Å². The summed E-state index contributed by atoms with van der Waals surface area (Å²) in [5.41, 5.74) is 1.14. The Balaban J connectivity index is 1.81. The fourth-order valence-corrected chi connectivity index (χ4v) is 3.73. The monoisotopic (exact) mass is 346 g/mol. The Kier molecular flexibility index (Phi) is 4.61. The van der Waals surface area contributed by atoms with Crippen molar-refractivity contribution in [1.29, 1.82) is 0 Å². The second kappa shape index (κ2) is 6.66. The average Bonchev–Trinajstić information content (AvgIpc) is 3.05. The predicted octanol–water partition coefficient (Wildman–Crippen LogP) is 3.58. The van der Waals surface area contributed by atoms with Gasteiger partial charge in [-0.1, -0.05) is 29.8 Å². The Morgan fingerprint density at radius 1 is 1.22 bits per heavy atom. The van der Waals surface area contributed by atoms with Gasteiger partial charge in [0.05, 0.1) is 22.3 Å². The van der Waals surface area contributed by atoms with Crippen LogP contribution in [-0.4, -0.2) is 29.8 Å². The topological polar surface area (TPSA) is 40.6 Å². The van der Waals surface area contributed by atoms with E-state index in [1.165, 1.54) is 16.2 Å². The molecule has 0 spiro atoms. The largest absolute Gasteiger partial charge is 0.300 e. The number of anilines is 1. The second-order valence-corrected chi connectivity index (χ2v) is 7.03. The summed E-state index contributed by atoms with van der Waals surface area (Å²) in [5.74, 6) is -0.928. The van der Waals surface area contributed by atoms with Gasteiger partial charge in [-0.3, -0.25) is 19.4 Å². The molecule has 3 rings (SSSR count). The third kappa shape index (κ3) is 3.22. The summed E-state index contributed by atoms with van der Waals surface area (Å²) in [5, 5.41) is 0. The van der Waals surface area contributed by atoms with Crippen LogP contribution in [0.15, 0.2) is 49.1 Å². The average molecular weight is 347 g/mol. The number of hydrogen-bond donors (Lipinski definition) is 0. The van der Waals surface area contributed by atoms with Crippen molar-refractivity contribution in [2.45, 2.75) is 6.54 Å². The number of thiophene rings is 1. The molecule has 0 aliphatic carbocycles. The minimum Gasteiger partial charge on any atom is -0.291 e. The minimum atomic E-state index is -0.482. The highest BCUT2D eigenvalue weighted by atomic mass is 35.5. The summed E-state index contributed by atoms with van der Waals surface area (Å²) >= 11 is 7.48. The van der Waals surface area contributed by atoms with Crippen molar-refractivity contribution in [3.05, 3.63) is 63.8 Å². The number of ketones is 1. The van der Waals surface area contributed by atoms with E-state index in [1.54, 1.807) is 24.3 Å². The van der Waals surface area contributed by atoms with Gasteiger partial charge in [0, 0.05) is 18.0 Å². The molecule has 6 heteroatoms. The number of hydrogen-bond acceptors (Lipinski definition) is 4. The fourth-order valence-electron chi connectivity index (χ4n) is 2.60. The van der Waals surface area contributed by atoms with E-state index in [0.29, 0.717) is 31.0 Å². The van der Waals surface area contributed by atoms with E-state index in [-0.39, 0.29) is 0 Å². The van der Waals surface area contributed by atoms with Crippen molar-refractivity contribution in [1.82, 2.24) is 4.90 Å². The molecule has 0 radical (unpaired) electrons. The molecule has 1 aromatic heterocycles. The van der Waals surface area contributed by atoms with Crippen LogP contribution in [0.2, 0.25) is 4.34 Å². The first-order valence-electron chi connectivity index (χ1n) is 7.13. The first kappa shape index (κ1) is 15.9. The first-order valence-corrected chi connectivity index (χ1v) is 8.32. The molecular formula is C17H15ClN2O2S. The molecule has 2 aromatic rings. The van der Waals surface area contributed by atoms with Gasteiger partial charge in [-0.15, -0.1) is 17.9 Å². The Labute approximate surface area is 143 Å². The number of carbonyl (C=O) groups excluding carboxylic acids is 2. The lowest BCUT2D eigenvalue weighted by molar-refractivity contribution is -0.114. The molecule has 0 fully saturated rings. The number of amides is 1. The summed E-state index contributed by atoms with van der Waals surface area (Å²) in [4.78, 5) is 29.0. The van der Waals surface area contributed by atoms with Gasteiger partial charge in [-0.05, 0) is 24.3 Å². The standard InChI is InChI=1S/C17H15ClN2O2S/c1-2-9-19(10-12-7-8-15(18)23-12)11-20-14-6-4-3-5-13(14)16(21)17(20)22/h2-8H,1,9-11H2. The van der Waals surface area contributed by atoms with E-state index in [2.05, 4.69) is 6.58 Å². The van der Waals surface area contributed by atoms with Crippen molar-refractivity contribution in [3.8, 4) is 0 Å². The van der Waals surface area contributed by atoms with Crippen LogP contribution in [0.5, 0.6) is 0 Å². The fraction of sp³-hybridized carbons (Fsp3) is 0.176. The Morgan fingerprint density at radius 3 is 2.70 bits per heavy atom. The highest BCUT2D eigenvalue weighted by Gasteiger charge is 2.36. The van der Waals surface area contributed by atoms with Gasteiger partial charge in [-0.25, -0.2) is 0 Å². The highest BCUT2D eigenvalue weighted by molar-refractivity contribution is 7.16. The molecule has 0 N–H and O–H groups in total. The number of Topliss-reactive ketones (excluding diaryl/α,β-unsaturated/α-hetero) is 1. The number of para-hydroxylation sites is 1. The van der Waals surface area contributed by atoms with Crippen LogP contribution in [0.3, 0.4) is 0 Å². The molecule has 0 saturated carbocycles. The lowest BCUT2D eigenvalue weighted by atomic mass is 10.1. The molecule has 0 saturated heterocycles. The third-order valence-corrected chi connectivity index (χ3v) is 4.83. The zero-order chi connectivity index (χ0) is 16.4. The van der Waals surface area contributed by atoms with Crippen molar-refractivity contribution in [3.63, 3.8) is 0 Å². The highest BCUT2D eigenvalue weighted by Crippen LogP contribution is 2.29. The maximum Gasteiger partial charge on any atom is 0.300 e. The summed E-state index contributed by atoms with van der Waals surface area (Å²) in [6.07, 6.45) is 1.78. The molecule has 1 aliphatic rings. The number of nitrogens with zero attached hydrogens (tertiary/aromatic N) is 2. The molecule has 23 heavy (non-hydrogen) atoms. The SMILES string of the molecule is C=CCN(Cc1ccc(Cl)s1)CN1C(=O)C(=O)c2ccccc21. The maximum atomic E-state index is 12.3. The molecule has 2 heterocycles. The summed E-state index contributed by atoms with van der Waals surface area (Å²) < 4.78 is 0.733. The van der Waals surface area contributed by atoms with Crippen LogP contribution < -0.4 is 4.90 Å². The van der Waals surface area contributed by atoms with Crippen molar-refractivity contribution < 1.29 is 9.59 Å². The molecule has 4 nitrogen and oxygen atoms in total. The molecule has 0 bridgehead atoms. The van der Waals surface area contributed by atoms with E-state index in [1.807, 2.05) is 23.1 Å². The first-order chi connectivity index (χ1) is 11.1. The molecule has 1 aromatic carbocycles.